The number of rotatable bonds is 6. The SMILES string of the molecule is COCCNC(=O)CCn1c(O)cc(=O)[nH]c1=O. The summed E-state index contributed by atoms with van der Waals surface area (Å²) >= 11 is 0. The van der Waals surface area contributed by atoms with Gasteiger partial charge in [-0.2, -0.15) is 0 Å². The summed E-state index contributed by atoms with van der Waals surface area (Å²) in [5.74, 6) is -0.738. The molecule has 18 heavy (non-hydrogen) atoms. The second kappa shape index (κ2) is 6.60. The highest BCUT2D eigenvalue weighted by Crippen LogP contribution is 2.00. The maximum atomic E-state index is 11.3. The van der Waals surface area contributed by atoms with Gasteiger partial charge in [0.15, 0.2) is 0 Å². The van der Waals surface area contributed by atoms with Crippen LogP contribution in [0.1, 0.15) is 6.42 Å². The van der Waals surface area contributed by atoms with Gasteiger partial charge in [0.05, 0.1) is 12.7 Å². The molecule has 1 amide bonds. The largest absolute Gasteiger partial charge is 0.494 e. The Hall–Kier alpha value is -2.09. The summed E-state index contributed by atoms with van der Waals surface area (Å²) in [6.07, 6.45) is 0.0171. The van der Waals surface area contributed by atoms with E-state index < -0.39 is 17.1 Å². The number of carbonyl (C=O) groups is 1. The number of nitrogens with one attached hydrogen (secondary N) is 2. The average Bonchev–Trinajstić information content (AvgIpc) is 2.27. The second-order valence-corrected chi connectivity index (χ2v) is 3.54. The predicted molar refractivity (Wildman–Crippen MR) is 62.5 cm³/mol. The van der Waals surface area contributed by atoms with Crippen molar-refractivity contribution in [3.8, 4) is 5.88 Å². The smallest absolute Gasteiger partial charge is 0.331 e. The van der Waals surface area contributed by atoms with Gasteiger partial charge in [-0.25, -0.2) is 4.79 Å². The van der Waals surface area contributed by atoms with Crippen LogP contribution in [0.5, 0.6) is 5.88 Å². The zero-order chi connectivity index (χ0) is 13.5. The summed E-state index contributed by atoms with van der Waals surface area (Å²) in [4.78, 5) is 35.5. The Bertz CT molecular complexity index is 519. The third-order valence-corrected chi connectivity index (χ3v) is 2.20. The fourth-order valence-electron chi connectivity index (χ4n) is 1.32. The number of hydrogen-bond donors (Lipinski definition) is 3. The molecular formula is C10H15N3O5. The number of nitrogens with zero attached hydrogens (tertiary/aromatic N) is 1. The lowest BCUT2D eigenvalue weighted by atomic mass is 10.4. The number of carbonyl (C=O) groups excluding carboxylic acids is 1. The van der Waals surface area contributed by atoms with Crippen molar-refractivity contribution in [3.05, 3.63) is 26.9 Å². The number of methoxy groups -OCH3 is 1. The lowest BCUT2D eigenvalue weighted by Crippen LogP contribution is -2.32. The number of hydrogen-bond acceptors (Lipinski definition) is 5. The number of aromatic nitrogens is 2. The summed E-state index contributed by atoms with van der Waals surface area (Å²) in [6, 6.07) is 0.879. The minimum absolute atomic E-state index is 0.0136. The summed E-state index contributed by atoms with van der Waals surface area (Å²) in [5.41, 5.74) is -1.43. The standard InChI is InChI=1S/C10H15N3O5/c1-18-5-3-11-7(14)2-4-13-9(16)6-8(15)12-10(13)17/h6,16H,2-5H2,1H3,(H,11,14)(H,12,15,17). The molecule has 0 aliphatic carbocycles. The molecule has 0 spiro atoms. The van der Waals surface area contributed by atoms with E-state index in [1.54, 1.807) is 0 Å². The Kier molecular flexibility index (Phi) is 5.12. The molecule has 8 heteroatoms. The Morgan fingerprint density at radius 2 is 2.28 bits per heavy atom. The van der Waals surface area contributed by atoms with Gasteiger partial charge in [0.1, 0.15) is 0 Å². The van der Waals surface area contributed by atoms with Crippen molar-refractivity contribution < 1.29 is 14.6 Å². The van der Waals surface area contributed by atoms with Crippen molar-refractivity contribution >= 4 is 5.91 Å². The van der Waals surface area contributed by atoms with Crippen LogP contribution in [0.25, 0.3) is 0 Å². The maximum Gasteiger partial charge on any atom is 0.331 e. The third-order valence-electron chi connectivity index (χ3n) is 2.20. The number of H-pyrrole nitrogens is 1. The first kappa shape index (κ1) is 14.0. The lowest BCUT2D eigenvalue weighted by Gasteiger charge is -2.07. The highest BCUT2D eigenvalue weighted by Gasteiger charge is 2.07. The average molecular weight is 257 g/mol. The van der Waals surface area contributed by atoms with Gasteiger partial charge >= 0.3 is 5.69 Å². The predicted octanol–water partition coefficient (Wildman–Crippen LogP) is -1.61. The molecule has 0 fully saturated rings. The van der Waals surface area contributed by atoms with Crippen LogP contribution in [-0.2, 0) is 16.1 Å². The van der Waals surface area contributed by atoms with Gasteiger partial charge in [-0.1, -0.05) is 0 Å². The first-order valence-electron chi connectivity index (χ1n) is 5.33. The topological polar surface area (TPSA) is 113 Å². The molecule has 1 aromatic rings. The molecule has 0 atom stereocenters. The Morgan fingerprint density at radius 3 is 2.89 bits per heavy atom. The number of ether oxygens (including phenoxy) is 1. The molecular weight excluding hydrogens is 242 g/mol. The van der Waals surface area contributed by atoms with Crippen LogP contribution < -0.4 is 16.6 Å². The van der Waals surface area contributed by atoms with Crippen molar-refractivity contribution in [1.82, 2.24) is 14.9 Å². The van der Waals surface area contributed by atoms with Gasteiger partial charge < -0.3 is 15.2 Å². The summed E-state index contributed by atoms with van der Waals surface area (Å²) in [7, 11) is 1.52. The normalized spacial score (nSPS) is 10.3. The van der Waals surface area contributed by atoms with Gasteiger partial charge in [-0.05, 0) is 0 Å². The first-order chi connectivity index (χ1) is 8.54. The van der Waals surface area contributed by atoms with Crippen LogP contribution in [0.3, 0.4) is 0 Å². The second-order valence-electron chi connectivity index (χ2n) is 3.54. The van der Waals surface area contributed by atoms with Gasteiger partial charge in [-0.15, -0.1) is 0 Å². The fraction of sp³-hybridized carbons (Fsp3) is 0.500. The number of aromatic amines is 1. The highest BCUT2D eigenvalue weighted by molar-refractivity contribution is 5.75. The first-order valence-corrected chi connectivity index (χ1v) is 5.33. The maximum absolute atomic E-state index is 11.3. The van der Waals surface area contributed by atoms with Gasteiger partial charge in [0.2, 0.25) is 11.8 Å². The van der Waals surface area contributed by atoms with Crippen LogP contribution in [-0.4, -0.2) is 40.8 Å². The summed E-state index contributed by atoms with van der Waals surface area (Å²) < 4.78 is 5.67. The molecule has 0 saturated heterocycles. The molecule has 0 saturated carbocycles. The van der Waals surface area contributed by atoms with Crippen molar-refractivity contribution in [3.63, 3.8) is 0 Å². The van der Waals surface area contributed by atoms with E-state index >= 15 is 0 Å². The molecule has 0 unspecified atom stereocenters. The van der Waals surface area contributed by atoms with E-state index in [2.05, 4.69) is 5.32 Å². The van der Waals surface area contributed by atoms with Crippen molar-refractivity contribution in [2.45, 2.75) is 13.0 Å². The summed E-state index contributed by atoms with van der Waals surface area (Å²) in [5, 5.41) is 12.0. The zero-order valence-corrected chi connectivity index (χ0v) is 9.93. The highest BCUT2D eigenvalue weighted by atomic mass is 16.5. The van der Waals surface area contributed by atoms with E-state index in [-0.39, 0.29) is 18.9 Å². The van der Waals surface area contributed by atoms with Crippen molar-refractivity contribution in [2.75, 3.05) is 20.3 Å². The van der Waals surface area contributed by atoms with E-state index in [1.165, 1.54) is 7.11 Å². The summed E-state index contributed by atoms with van der Waals surface area (Å²) in [6.45, 7) is 0.762. The van der Waals surface area contributed by atoms with E-state index in [0.29, 0.717) is 13.2 Å². The van der Waals surface area contributed by atoms with Crippen LogP contribution in [0.2, 0.25) is 0 Å². The molecule has 1 rings (SSSR count). The molecule has 100 valence electrons. The minimum atomic E-state index is -0.746. The third kappa shape index (κ3) is 4.06. The molecule has 8 nitrogen and oxygen atoms in total. The van der Waals surface area contributed by atoms with Crippen LogP contribution in [0.4, 0.5) is 0 Å². The fourth-order valence-corrected chi connectivity index (χ4v) is 1.32. The van der Waals surface area contributed by atoms with E-state index in [9.17, 15) is 19.5 Å². The quantitative estimate of drug-likeness (QED) is 0.531. The molecule has 0 aliphatic heterocycles. The molecule has 0 bridgehead atoms. The Morgan fingerprint density at radius 1 is 1.56 bits per heavy atom. The van der Waals surface area contributed by atoms with E-state index in [0.717, 1.165) is 10.6 Å². The van der Waals surface area contributed by atoms with Crippen molar-refractivity contribution in [2.24, 2.45) is 0 Å². The van der Waals surface area contributed by atoms with E-state index in [1.807, 2.05) is 4.98 Å². The Balaban J connectivity index is 2.56. The Labute approximate surface area is 102 Å². The van der Waals surface area contributed by atoms with Gasteiger partial charge in [0.25, 0.3) is 5.56 Å². The molecule has 0 aliphatic rings. The van der Waals surface area contributed by atoms with Crippen molar-refractivity contribution in [1.29, 1.82) is 0 Å². The number of amides is 1. The molecule has 0 radical (unpaired) electrons. The van der Waals surface area contributed by atoms with Crippen LogP contribution >= 0.6 is 0 Å². The molecule has 1 aromatic heterocycles. The molecule has 3 N–H and O–H groups in total. The van der Waals surface area contributed by atoms with Gasteiger partial charge in [-0.3, -0.25) is 19.1 Å². The van der Waals surface area contributed by atoms with Crippen LogP contribution in [0, 0.1) is 0 Å². The monoisotopic (exact) mass is 257 g/mol. The number of aromatic hydroxyl groups is 1. The minimum Gasteiger partial charge on any atom is -0.494 e. The zero-order valence-electron chi connectivity index (χ0n) is 9.93. The lowest BCUT2D eigenvalue weighted by molar-refractivity contribution is -0.121. The van der Waals surface area contributed by atoms with Crippen LogP contribution in [0.15, 0.2) is 15.7 Å². The molecule has 0 aromatic carbocycles. The molecule has 1 heterocycles. The van der Waals surface area contributed by atoms with Gasteiger partial charge in [0, 0.05) is 26.6 Å². The van der Waals surface area contributed by atoms with E-state index in [4.69, 9.17) is 4.74 Å².